The molecule has 5 heteroatoms. The van der Waals surface area contributed by atoms with Gasteiger partial charge >= 0.3 is 0 Å². The highest BCUT2D eigenvalue weighted by atomic mass is 35.5. The number of carbonyl (C=O) groups is 1. The van der Waals surface area contributed by atoms with Crippen LogP contribution < -0.4 is 4.74 Å². The van der Waals surface area contributed by atoms with Crippen LogP contribution in [0.5, 0.6) is 5.75 Å². The zero-order valence-corrected chi connectivity index (χ0v) is 15.0. The van der Waals surface area contributed by atoms with E-state index in [9.17, 15) is 4.79 Å². The summed E-state index contributed by atoms with van der Waals surface area (Å²) >= 11 is 5.90. The SMILES string of the molecule is O=C(c1cc2n(c1)CCCC2)N1CCC(Oc2ccc(Cl)cc2)CC1. The molecule has 4 rings (SSSR count). The number of benzene rings is 1. The van der Waals surface area contributed by atoms with E-state index in [4.69, 9.17) is 16.3 Å². The fourth-order valence-electron chi connectivity index (χ4n) is 3.74. The van der Waals surface area contributed by atoms with Gasteiger partial charge in [-0.25, -0.2) is 0 Å². The van der Waals surface area contributed by atoms with Gasteiger partial charge in [0, 0.05) is 49.4 Å². The van der Waals surface area contributed by atoms with E-state index in [1.54, 1.807) is 0 Å². The number of hydrogen-bond donors (Lipinski definition) is 0. The first-order valence-electron chi connectivity index (χ1n) is 9.09. The van der Waals surface area contributed by atoms with Crippen LogP contribution in [0.4, 0.5) is 0 Å². The Kier molecular flexibility index (Phi) is 4.71. The third-order valence-electron chi connectivity index (χ3n) is 5.16. The Bertz CT molecular complexity index is 722. The van der Waals surface area contributed by atoms with Crippen molar-refractivity contribution in [1.29, 1.82) is 0 Å². The van der Waals surface area contributed by atoms with Crippen LogP contribution in [0.25, 0.3) is 0 Å². The molecule has 2 aliphatic rings. The minimum atomic E-state index is 0.159. The molecule has 0 saturated carbocycles. The van der Waals surface area contributed by atoms with Crippen molar-refractivity contribution >= 4 is 17.5 Å². The summed E-state index contributed by atoms with van der Waals surface area (Å²) in [5, 5.41) is 0.711. The van der Waals surface area contributed by atoms with E-state index < -0.39 is 0 Å². The van der Waals surface area contributed by atoms with E-state index in [1.165, 1.54) is 18.5 Å². The molecule has 0 atom stereocenters. The van der Waals surface area contributed by atoms with Gasteiger partial charge in [0.1, 0.15) is 11.9 Å². The first-order valence-corrected chi connectivity index (χ1v) is 9.47. The summed E-state index contributed by atoms with van der Waals surface area (Å²) in [5.74, 6) is 1.00. The van der Waals surface area contributed by atoms with Crippen LogP contribution in [0.3, 0.4) is 0 Å². The summed E-state index contributed by atoms with van der Waals surface area (Å²) in [6.07, 6.45) is 7.45. The molecule has 2 aromatic rings. The van der Waals surface area contributed by atoms with Crippen LogP contribution in [0.15, 0.2) is 36.5 Å². The molecule has 132 valence electrons. The van der Waals surface area contributed by atoms with Crippen LogP contribution in [0.1, 0.15) is 41.7 Å². The van der Waals surface area contributed by atoms with Gasteiger partial charge in [0.2, 0.25) is 0 Å². The van der Waals surface area contributed by atoms with Crippen molar-refractivity contribution in [3.63, 3.8) is 0 Å². The number of aryl methyl sites for hydroxylation is 2. The molecule has 0 bridgehead atoms. The predicted octanol–water partition coefficient (Wildman–Crippen LogP) is 4.16. The maximum atomic E-state index is 12.8. The molecular weight excluding hydrogens is 336 g/mol. The van der Waals surface area contributed by atoms with Crippen molar-refractivity contribution in [3.8, 4) is 5.75 Å². The molecule has 0 radical (unpaired) electrons. The summed E-state index contributed by atoms with van der Waals surface area (Å²) in [6.45, 7) is 2.54. The Balaban J connectivity index is 1.34. The third-order valence-corrected chi connectivity index (χ3v) is 5.41. The number of likely N-dealkylation sites (tertiary alicyclic amines) is 1. The highest BCUT2D eigenvalue weighted by Crippen LogP contribution is 2.23. The van der Waals surface area contributed by atoms with Crippen molar-refractivity contribution in [2.24, 2.45) is 0 Å². The second-order valence-electron chi connectivity index (χ2n) is 6.93. The number of carbonyl (C=O) groups excluding carboxylic acids is 1. The number of hydrogen-bond acceptors (Lipinski definition) is 2. The summed E-state index contributed by atoms with van der Waals surface area (Å²) in [4.78, 5) is 14.7. The third kappa shape index (κ3) is 3.69. The number of ether oxygens (including phenoxy) is 1. The normalized spacial score (nSPS) is 18.0. The Morgan fingerprint density at radius 3 is 2.56 bits per heavy atom. The summed E-state index contributed by atoms with van der Waals surface area (Å²) in [7, 11) is 0. The van der Waals surface area contributed by atoms with Crippen LogP contribution in [-0.2, 0) is 13.0 Å². The first kappa shape index (κ1) is 16.5. The van der Waals surface area contributed by atoms with Crippen LogP contribution in [-0.4, -0.2) is 34.6 Å². The second kappa shape index (κ2) is 7.12. The van der Waals surface area contributed by atoms with E-state index in [0.29, 0.717) is 5.02 Å². The fraction of sp³-hybridized carbons (Fsp3) is 0.450. The summed E-state index contributed by atoms with van der Waals surface area (Å²) in [5.41, 5.74) is 2.14. The van der Waals surface area contributed by atoms with Gasteiger partial charge < -0.3 is 14.2 Å². The molecule has 4 nitrogen and oxygen atoms in total. The van der Waals surface area contributed by atoms with E-state index in [-0.39, 0.29) is 12.0 Å². The van der Waals surface area contributed by atoms with E-state index in [0.717, 1.165) is 50.2 Å². The van der Waals surface area contributed by atoms with Gasteiger partial charge in [-0.05, 0) is 49.6 Å². The van der Waals surface area contributed by atoms with Gasteiger partial charge in [-0.1, -0.05) is 11.6 Å². The maximum Gasteiger partial charge on any atom is 0.255 e. The van der Waals surface area contributed by atoms with Crippen LogP contribution in [0.2, 0.25) is 5.02 Å². The van der Waals surface area contributed by atoms with Crippen molar-refractivity contribution < 1.29 is 9.53 Å². The van der Waals surface area contributed by atoms with E-state index in [2.05, 4.69) is 10.6 Å². The number of amides is 1. The zero-order chi connectivity index (χ0) is 17.2. The first-order chi connectivity index (χ1) is 12.2. The Labute approximate surface area is 153 Å². The molecular formula is C20H23ClN2O2. The molecule has 2 aliphatic heterocycles. The molecule has 1 amide bonds. The Morgan fingerprint density at radius 2 is 1.84 bits per heavy atom. The van der Waals surface area contributed by atoms with Gasteiger partial charge in [0.25, 0.3) is 5.91 Å². The zero-order valence-electron chi connectivity index (χ0n) is 14.3. The van der Waals surface area contributed by atoms with E-state index in [1.807, 2.05) is 35.4 Å². The average molecular weight is 359 g/mol. The minimum Gasteiger partial charge on any atom is -0.490 e. The van der Waals surface area contributed by atoms with Gasteiger partial charge in [0.15, 0.2) is 0 Å². The minimum absolute atomic E-state index is 0.159. The summed E-state index contributed by atoms with van der Waals surface area (Å²) < 4.78 is 8.25. The number of aromatic nitrogens is 1. The van der Waals surface area contributed by atoms with Crippen molar-refractivity contribution in [2.45, 2.75) is 44.8 Å². The quantitative estimate of drug-likeness (QED) is 0.825. The Morgan fingerprint density at radius 1 is 1.08 bits per heavy atom. The van der Waals surface area contributed by atoms with Gasteiger partial charge in [-0.15, -0.1) is 0 Å². The van der Waals surface area contributed by atoms with E-state index >= 15 is 0 Å². The number of halogens is 1. The van der Waals surface area contributed by atoms with Crippen molar-refractivity contribution in [2.75, 3.05) is 13.1 Å². The molecule has 1 aromatic heterocycles. The highest BCUT2D eigenvalue weighted by molar-refractivity contribution is 6.30. The lowest BCUT2D eigenvalue weighted by atomic mass is 10.1. The molecule has 0 unspecified atom stereocenters. The van der Waals surface area contributed by atoms with Gasteiger partial charge in [-0.3, -0.25) is 4.79 Å². The molecule has 0 aliphatic carbocycles. The second-order valence-corrected chi connectivity index (χ2v) is 7.37. The van der Waals surface area contributed by atoms with Crippen LogP contribution in [0, 0.1) is 0 Å². The molecule has 0 spiro atoms. The van der Waals surface area contributed by atoms with Crippen molar-refractivity contribution in [1.82, 2.24) is 9.47 Å². The average Bonchev–Trinajstić information content (AvgIpc) is 3.08. The molecule has 1 aromatic carbocycles. The lowest BCUT2D eigenvalue weighted by Gasteiger charge is -2.32. The highest BCUT2D eigenvalue weighted by Gasteiger charge is 2.26. The molecule has 0 N–H and O–H groups in total. The standard InChI is InChI=1S/C20H23ClN2O2/c21-16-4-6-18(7-5-16)25-19-8-11-22(12-9-19)20(24)15-13-17-3-1-2-10-23(17)14-15/h4-7,13-14,19H,1-3,8-12H2. The lowest BCUT2D eigenvalue weighted by molar-refractivity contribution is 0.0595. The maximum absolute atomic E-state index is 12.8. The predicted molar refractivity (Wildman–Crippen MR) is 98.4 cm³/mol. The van der Waals surface area contributed by atoms with Gasteiger partial charge in [0.05, 0.1) is 5.56 Å². The van der Waals surface area contributed by atoms with Gasteiger partial charge in [-0.2, -0.15) is 0 Å². The number of piperidine rings is 1. The number of rotatable bonds is 3. The molecule has 1 saturated heterocycles. The number of fused-ring (bicyclic) bond motifs is 1. The molecule has 25 heavy (non-hydrogen) atoms. The number of nitrogens with zero attached hydrogens (tertiary/aromatic N) is 2. The topological polar surface area (TPSA) is 34.5 Å². The van der Waals surface area contributed by atoms with Crippen molar-refractivity contribution in [3.05, 3.63) is 52.8 Å². The fourth-order valence-corrected chi connectivity index (χ4v) is 3.87. The smallest absolute Gasteiger partial charge is 0.255 e. The summed E-state index contributed by atoms with van der Waals surface area (Å²) in [6, 6.07) is 9.55. The Hall–Kier alpha value is -1.94. The largest absolute Gasteiger partial charge is 0.490 e. The molecule has 3 heterocycles. The molecule has 1 fully saturated rings. The lowest BCUT2D eigenvalue weighted by Crippen LogP contribution is -2.41. The monoisotopic (exact) mass is 358 g/mol. The van der Waals surface area contributed by atoms with Crippen LogP contribution >= 0.6 is 11.6 Å².